The maximum atomic E-state index is 6.01. The monoisotopic (exact) mass is 231 g/mol. The minimum Gasteiger partial charge on any atom is -0.372 e. The van der Waals surface area contributed by atoms with E-state index in [-0.39, 0.29) is 0 Å². The summed E-state index contributed by atoms with van der Waals surface area (Å²) in [5, 5.41) is 3.65. The zero-order chi connectivity index (χ0) is 11.7. The molecule has 0 bridgehead atoms. The summed E-state index contributed by atoms with van der Waals surface area (Å²) in [6.45, 7) is 3.16. The third-order valence-electron chi connectivity index (χ3n) is 4.13. The van der Waals surface area contributed by atoms with Crippen LogP contribution in [0.4, 0.5) is 0 Å². The molecule has 1 aromatic rings. The molecule has 0 aromatic heterocycles. The van der Waals surface area contributed by atoms with E-state index in [0.717, 1.165) is 6.54 Å². The molecule has 92 valence electrons. The van der Waals surface area contributed by atoms with Crippen LogP contribution in [0.25, 0.3) is 0 Å². The van der Waals surface area contributed by atoms with Crippen LogP contribution in [0.3, 0.4) is 0 Å². The fourth-order valence-electron chi connectivity index (χ4n) is 3.21. The Morgan fingerprint density at radius 2 is 2.00 bits per heavy atom. The molecule has 0 amide bonds. The van der Waals surface area contributed by atoms with Crippen LogP contribution in [0.1, 0.15) is 37.7 Å². The minimum atomic E-state index is 0.379. The summed E-state index contributed by atoms with van der Waals surface area (Å²) in [4.78, 5) is 0. The Balaban J connectivity index is 1.68. The van der Waals surface area contributed by atoms with E-state index in [2.05, 4.69) is 42.6 Å². The van der Waals surface area contributed by atoms with Gasteiger partial charge in [0.2, 0.25) is 0 Å². The number of ether oxygens (including phenoxy) is 1. The van der Waals surface area contributed by atoms with E-state index in [1.54, 1.807) is 0 Å². The molecule has 1 aromatic carbocycles. The van der Waals surface area contributed by atoms with Gasteiger partial charge in [-0.2, -0.15) is 0 Å². The molecule has 0 spiro atoms. The van der Waals surface area contributed by atoms with E-state index >= 15 is 0 Å². The van der Waals surface area contributed by atoms with Crippen molar-refractivity contribution in [1.82, 2.24) is 5.32 Å². The van der Waals surface area contributed by atoms with Crippen LogP contribution in [-0.4, -0.2) is 24.8 Å². The first kappa shape index (κ1) is 11.2. The van der Waals surface area contributed by atoms with Crippen molar-refractivity contribution in [3.05, 3.63) is 35.9 Å². The second-order valence-electron chi connectivity index (χ2n) is 5.42. The molecular weight excluding hydrogens is 210 g/mol. The fourth-order valence-corrected chi connectivity index (χ4v) is 3.21. The summed E-state index contributed by atoms with van der Waals surface area (Å²) in [5.41, 5.74) is 1.49. The Labute approximate surface area is 103 Å². The Morgan fingerprint density at radius 3 is 2.82 bits per heavy atom. The molecule has 2 nitrogen and oxygen atoms in total. The molecule has 2 fully saturated rings. The second kappa shape index (κ2) is 4.79. The highest BCUT2D eigenvalue weighted by molar-refractivity contribution is 5.20. The van der Waals surface area contributed by atoms with Gasteiger partial charge in [-0.15, -0.1) is 0 Å². The number of hydrogen-bond donors (Lipinski definition) is 1. The van der Waals surface area contributed by atoms with Crippen LogP contribution in [0, 0.1) is 0 Å². The quantitative estimate of drug-likeness (QED) is 0.802. The van der Waals surface area contributed by atoms with Gasteiger partial charge in [-0.05, 0) is 37.7 Å². The van der Waals surface area contributed by atoms with Crippen molar-refractivity contribution in [3.8, 4) is 0 Å². The lowest BCUT2D eigenvalue weighted by atomic mass is 9.79. The summed E-state index contributed by atoms with van der Waals surface area (Å²) >= 11 is 0. The summed E-state index contributed by atoms with van der Waals surface area (Å²) in [6, 6.07) is 11.5. The molecule has 2 aliphatic rings. The largest absolute Gasteiger partial charge is 0.372 e. The highest BCUT2D eigenvalue weighted by Gasteiger charge is 2.35. The smallest absolute Gasteiger partial charge is 0.0732 e. The molecule has 1 aliphatic carbocycles. The van der Waals surface area contributed by atoms with Gasteiger partial charge >= 0.3 is 0 Å². The van der Waals surface area contributed by atoms with E-state index in [0.29, 0.717) is 24.2 Å². The van der Waals surface area contributed by atoms with Crippen molar-refractivity contribution in [2.24, 2.45) is 0 Å². The van der Waals surface area contributed by atoms with Gasteiger partial charge in [-0.25, -0.2) is 0 Å². The van der Waals surface area contributed by atoms with Crippen molar-refractivity contribution in [1.29, 1.82) is 0 Å². The number of hydrogen-bond acceptors (Lipinski definition) is 2. The molecule has 1 saturated heterocycles. The van der Waals surface area contributed by atoms with Crippen molar-refractivity contribution in [3.63, 3.8) is 0 Å². The second-order valence-corrected chi connectivity index (χ2v) is 5.42. The number of rotatable bonds is 1. The molecule has 4 unspecified atom stereocenters. The van der Waals surface area contributed by atoms with Crippen molar-refractivity contribution in [2.75, 3.05) is 6.54 Å². The lowest BCUT2D eigenvalue weighted by molar-refractivity contribution is -0.0721. The first-order valence-corrected chi connectivity index (χ1v) is 6.76. The van der Waals surface area contributed by atoms with Crippen LogP contribution in [0.2, 0.25) is 0 Å². The zero-order valence-corrected chi connectivity index (χ0v) is 10.4. The van der Waals surface area contributed by atoms with Crippen LogP contribution in [0.15, 0.2) is 30.3 Å². The van der Waals surface area contributed by atoms with Crippen LogP contribution in [-0.2, 0) is 4.74 Å². The summed E-state index contributed by atoms with van der Waals surface area (Å²) in [7, 11) is 0. The minimum absolute atomic E-state index is 0.379. The summed E-state index contributed by atoms with van der Waals surface area (Å²) in [6.07, 6.45) is 4.51. The van der Waals surface area contributed by atoms with Crippen LogP contribution >= 0.6 is 0 Å². The fraction of sp³-hybridized carbons (Fsp3) is 0.600. The normalized spacial score (nSPS) is 37.5. The Morgan fingerprint density at radius 1 is 1.18 bits per heavy atom. The first-order valence-electron chi connectivity index (χ1n) is 6.76. The molecule has 17 heavy (non-hydrogen) atoms. The van der Waals surface area contributed by atoms with Gasteiger partial charge < -0.3 is 10.1 Å². The van der Waals surface area contributed by atoms with E-state index in [9.17, 15) is 0 Å². The SMILES string of the molecule is CC1CNC2CC(c3ccccc3)CCC2O1. The van der Waals surface area contributed by atoms with Crippen molar-refractivity contribution < 1.29 is 4.74 Å². The molecule has 0 radical (unpaired) electrons. The molecule has 1 aliphatic heterocycles. The van der Waals surface area contributed by atoms with Gasteiger partial charge in [0.1, 0.15) is 0 Å². The third kappa shape index (κ3) is 2.38. The third-order valence-corrected chi connectivity index (χ3v) is 4.13. The van der Waals surface area contributed by atoms with Gasteiger partial charge in [0.15, 0.2) is 0 Å². The van der Waals surface area contributed by atoms with Gasteiger partial charge in [0.25, 0.3) is 0 Å². The Bertz CT molecular complexity index is 364. The lowest BCUT2D eigenvalue weighted by Gasteiger charge is -2.42. The van der Waals surface area contributed by atoms with E-state index in [1.807, 2.05) is 0 Å². The number of nitrogens with one attached hydrogen (secondary N) is 1. The van der Waals surface area contributed by atoms with Crippen LogP contribution < -0.4 is 5.32 Å². The highest BCUT2D eigenvalue weighted by atomic mass is 16.5. The summed E-state index contributed by atoms with van der Waals surface area (Å²) < 4.78 is 6.01. The highest BCUT2D eigenvalue weighted by Crippen LogP contribution is 2.35. The van der Waals surface area contributed by atoms with E-state index < -0.39 is 0 Å². The van der Waals surface area contributed by atoms with Gasteiger partial charge in [0.05, 0.1) is 12.2 Å². The van der Waals surface area contributed by atoms with E-state index in [4.69, 9.17) is 4.74 Å². The average molecular weight is 231 g/mol. The maximum Gasteiger partial charge on any atom is 0.0732 e. The van der Waals surface area contributed by atoms with Gasteiger partial charge in [0, 0.05) is 12.6 Å². The van der Waals surface area contributed by atoms with Crippen LogP contribution in [0.5, 0.6) is 0 Å². The molecule has 1 N–H and O–H groups in total. The van der Waals surface area contributed by atoms with Gasteiger partial charge in [-0.1, -0.05) is 30.3 Å². The number of benzene rings is 1. The number of morpholine rings is 1. The van der Waals surface area contributed by atoms with Crippen molar-refractivity contribution >= 4 is 0 Å². The predicted molar refractivity (Wildman–Crippen MR) is 69.2 cm³/mol. The number of fused-ring (bicyclic) bond motifs is 1. The molecule has 1 saturated carbocycles. The summed E-state index contributed by atoms with van der Waals surface area (Å²) in [5.74, 6) is 0.710. The Kier molecular flexibility index (Phi) is 3.17. The molecule has 4 atom stereocenters. The van der Waals surface area contributed by atoms with E-state index in [1.165, 1.54) is 24.8 Å². The van der Waals surface area contributed by atoms with Gasteiger partial charge in [-0.3, -0.25) is 0 Å². The zero-order valence-electron chi connectivity index (χ0n) is 10.4. The molecule has 3 rings (SSSR count). The molecule has 2 heteroatoms. The maximum absolute atomic E-state index is 6.01. The lowest BCUT2D eigenvalue weighted by Crippen LogP contribution is -2.53. The Hall–Kier alpha value is -0.860. The van der Waals surface area contributed by atoms with Crippen molar-refractivity contribution in [2.45, 2.75) is 50.4 Å². The predicted octanol–water partition coefficient (Wildman–Crippen LogP) is 2.70. The average Bonchev–Trinajstić information content (AvgIpc) is 2.39. The topological polar surface area (TPSA) is 21.3 Å². The molecular formula is C15H21NO. The standard InChI is InChI=1S/C15H21NO/c1-11-10-16-14-9-13(7-8-15(14)17-11)12-5-3-2-4-6-12/h2-6,11,13-16H,7-10H2,1H3. The molecule has 1 heterocycles. The first-order chi connectivity index (χ1) is 8.33.